The van der Waals surface area contributed by atoms with Crippen LogP contribution in [0.1, 0.15) is 51.5 Å². The van der Waals surface area contributed by atoms with Crippen LogP contribution in [0.2, 0.25) is 0 Å². The number of piperidine rings is 1. The second kappa shape index (κ2) is 9.40. The highest BCUT2D eigenvalue weighted by atomic mass is 16.5. The third kappa shape index (κ3) is 4.61. The zero-order chi connectivity index (χ0) is 20.9. The first-order valence-corrected chi connectivity index (χ1v) is 10.7. The molecule has 5 heteroatoms. The second-order valence-electron chi connectivity index (χ2n) is 7.90. The van der Waals surface area contributed by atoms with Gasteiger partial charge in [-0.05, 0) is 70.8 Å². The van der Waals surface area contributed by atoms with Gasteiger partial charge < -0.3 is 15.0 Å². The van der Waals surface area contributed by atoms with Crippen molar-refractivity contribution in [1.82, 2.24) is 10.2 Å². The number of hydrogen-bond donors (Lipinski definition) is 1. The van der Waals surface area contributed by atoms with E-state index in [1.165, 1.54) is 5.56 Å². The molecule has 0 bridgehead atoms. The number of allylic oxidation sites excluding steroid dienone is 1. The molecule has 1 N–H and O–H groups in total. The van der Waals surface area contributed by atoms with Gasteiger partial charge in [0.1, 0.15) is 17.1 Å². The molecule has 0 aliphatic carbocycles. The average molecular weight is 396 g/mol. The number of amides is 1. The molecular weight excluding hydrogens is 362 g/mol. The number of ether oxygens (including phenoxy) is 1. The number of benzene rings is 1. The Labute approximate surface area is 174 Å². The summed E-state index contributed by atoms with van der Waals surface area (Å²) in [6.07, 6.45) is 6.35. The number of nitrogens with zero attached hydrogens (tertiary/aromatic N) is 2. The third-order valence-corrected chi connectivity index (χ3v) is 6.13. The van der Waals surface area contributed by atoms with Gasteiger partial charge >= 0.3 is 0 Å². The summed E-state index contributed by atoms with van der Waals surface area (Å²) in [5.41, 5.74) is 2.62. The van der Waals surface area contributed by atoms with E-state index < -0.39 is 0 Å². The molecule has 3 rings (SSSR count). The maximum atomic E-state index is 12.6. The highest BCUT2D eigenvalue weighted by Gasteiger charge is 2.42. The molecule has 1 spiro atoms. The number of carbonyl (C=O) groups is 1. The van der Waals surface area contributed by atoms with Crippen LogP contribution >= 0.6 is 0 Å². The molecule has 156 valence electrons. The van der Waals surface area contributed by atoms with Crippen LogP contribution in [0.3, 0.4) is 0 Å². The number of carbonyl (C=O) groups excluding carboxylic acids is 1. The molecule has 1 fully saturated rings. The first-order chi connectivity index (χ1) is 14.0. The summed E-state index contributed by atoms with van der Waals surface area (Å²) in [6, 6.07) is 8.31. The van der Waals surface area contributed by atoms with Gasteiger partial charge in [-0.2, -0.15) is 0 Å². The zero-order valence-electron chi connectivity index (χ0n) is 17.9. The topological polar surface area (TPSA) is 53.9 Å². The molecule has 2 heterocycles. The maximum Gasteiger partial charge on any atom is 0.272 e. The molecule has 2 aliphatic heterocycles. The van der Waals surface area contributed by atoms with Crippen LogP contribution in [-0.2, 0) is 4.79 Å². The van der Waals surface area contributed by atoms with Crippen molar-refractivity contribution < 1.29 is 9.53 Å². The number of fused-ring (bicyclic) bond motifs is 1. The van der Waals surface area contributed by atoms with Crippen LogP contribution in [0.15, 0.2) is 53.7 Å². The molecule has 5 nitrogen and oxygen atoms in total. The van der Waals surface area contributed by atoms with E-state index in [4.69, 9.17) is 4.74 Å². The van der Waals surface area contributed by atoms with Crippen molar-refractivity contribution in [1.29, 1.82) is 0 Å². The Balaban J connectivity index is 1.90. The van der Waals surface area contributed by atoms with Crippen molar-refractivity contribution in [2.75, 3.05) is 26.2 Å². The van der Waals surface area contributed by atoms with Gasteiger partial charge in [0, 0.05) is 30.8 Å². The molecule has 1 saturated heterocycles. The van der Waals surface area contributed by atoms with Crippen LogP contribution in [0.4, 0.5) is 0 Å². The second-order valence-corrected chi connectivity index (χ2v) is 7.90. The van der Waals surface area contributed by atoms with E-state index in [0.717, 1.165) is 43.7 Å². The Morgan fingerprint density at radius 3 is 2.66 bits per heavy atom. The summed E-state index contributed by atoms with van der Waals surface area (Å²) < 4.78 is 6.51. The smallest absolute Gasteiger partial charge is 0.272 e. The lowest BCUT2D eigenvalue weighted by Crippen LogP contribution is -2.49. The predicted octanol–water partition coefficient (Wildman–Crippen LogP) is 4.07. The van der Waals surface area contributed by atoms with E-state index in [1.54, 1.807) is 11.0 Å². The Morgan fingerprint density at radius 1 is 1.31 bits per heavy atom. The summed E-state index contributed by atoms with van der Waals surface area (Å²) in [5.74, 6) is 1.14. The minimum atomic E-state index is -0.124. The Morgan fingerprint density at radius 2 is 2.00 bits per heavy atom. The molecule has 0 radical (unpaired) electrons. The van der Waals surface area contributed by atoms with Gasteiger partial charge in [-0.3, -0.25) is 9.79 Å². The van der Waals surface area contributed by atoms with Crippen molar-refractivity contribution in [3.63, 3.8) is 0 Å². The molecular formula is C24H33N3O2. The van der Waals surface area contributed by atoms with Crippen molar-refractivity contribution >= 4 is 11.6 Å². The molecule has 1 amide bonds. The van der Waals surface area contributed by atoms with E-state index in [0.29, 0.717) is 18.8 Å². The SMILES string of the molecule is C=C/C(=N\C=C(/C)C1CC2(CCNCC2)Oc2ccccc21)C(=O)N(CC)CC. The molecule has 1 unspecified atom stereocenters. The number of rotatable bonds is 6. The minimum absolute atomic E-state index is 0.0729. The van der Waals surface area contributed by atoms with Gasteiger partial charge in [-0.15, -0.1) is 0 Å². The quantitative estimate of drug-likeness (QED) is 0.739. The standard InChI is InChI=1S/C24H33N3O2/c1-5-21(23(28)27(6-2)7-3)26-17-18(4)20-16-24(12-14-25-15-13-24)29-22-11-9-8-10-19(20)22/h5,8-11,17,20,25H,1,6-7,12-16H2,2-4H3/b18-17+,26-21+. The Hall–Kier alpha value is -2.40. The van der Waals surface area contributed by atoms with Gasteiger partial charge in [0.15, 0.2) is 0 Å². The van der Waals surface area contributed by atoms with Crippen molar-refractivity contribution in [3.05, 3.63) is 54.3 Å². The number of hydrogen-bond acceptors (Lipinski definition) is 4. The Bertz CT molecular complexity index is 802. The monoisotopic (exact) mass is 395 g/mol. The normalized spacial score (nSPS) is 21.3. The lowest BCUT2D eigenvalue weighted by molar-refractivity contribution is -0.123. The first kappa shape index (κ1) is 21.3. The fourth-order valence-electron chi connectivity index (χ4n) is 4.34. The highest BCUT2D eigenvalue weighted by molar-refractivity contribution is 6.43. The van der Waals surface area contributed by atoms with Gasteiger partial charge in [0.05, 0.1) is 0 Å². The van der Waals surface area contributed by atoms with Crippen LogP contribution in [0.5, 0.6) is 5.75 Å². The van der Waals surface area contributed by atoms with E-state index >= 15 is 0 Å². The molecule has 2 aliphatic rings. The number of para-hydroxylation sites is 1. The molecule has 1 atom stereocenters. The molecule has 1 aromatic carbocycles. The molecule has 29 heavy (non-hydrogen) atoms. The summed E-state index contributed by atoms with van der Waals surface area (Å²) >= 11 is 0. The van der Waals surface area contributed by atoms with E-state index in [9.17, 15) is 4.79 Å². The molecule has 0 aromatic heterocycles. The lowest BCUT2D eigenvalue weighted by atomic mass is 9.75. The third-order valence-electron chi connectivity index (χ3n) is 6.13. The van der Waals surface area contributed by atoms with Gasteiger partial charge in [-0.1, -0.05) is 24.8 Å². The van der Waals surface area contributed by atoms with Crippen LogP contribution in [0, 0.1) is 0 Å². The van der Waals surface area contributed by atoms with Crippen LogP contribution in [-0.4, -0.2) is 48.3 Å². The summed E-state index contributed by atoms with van der Waals surface area (Å²) in [7, 11) is 0. The predicted molar refractivity (Wildman–Crippen MR) is 119 cm³/mol. The van der Waals surface area contributed by atoms with Gasteiger partial charge in [0.2, 0.25) is 0 Å². The first-order valence-electron chi connectivity index (χ1n) is 10.7. The molecule has 0 saturated carbocycles. The maximum absolute atomic E-state index is 12.6. The highest BCUT2D eigenvalue weighted by Crippen LogP contribution is 2.47. The number of aliphatic imine (C=N–C) groups is 1. The van der Waals surface area contributed by atoms with Crippen LogP contribution < -0.4 is 10.1 Å². The average Bonchev–Trinajstić information content (AvgIpc) is 2.75. The van der Waals surface area contributed by atoms with Crippen LogP contribution in [0.25, 0.3) is 0 Å². The number of nitrogens with one attached hydrogen (secondary N) is 1. The van der Waals surface area contributed by atoms with Crippen molar-refractivity contribution in [2.45, 2.75) is 51.6 Å². The van der Waals surface area contributed by atoms with Gasteiger partial charge in [0.25, 0.3) is 5.91 Å². The van der Waals surface area contributed by atoms with Crippen molar-refractivity contribution in [3.8, 4) is 5.75 Å². The van der Waals surface area contributed by atoms with E-state index in [2.05, 4.69) is 42.0 Å². The zero-order valence-corrected chi connectivity index (χ0v) is 17.9. The fourth-order valence-corrected chi connectivity index (χ4v) is 4.34. The lowest BCUT2D eigenvalue weighted by Gasteiger charge is -2.45. The fraction of sp³-hybridized carbons (Fsp3) is 0.500. The molecule has 1 aromatic rings. The summed E-state index contributed by atoms with van der Waals surface area (Å²) in [6.45, 7) is 13.1. The minimum Gasteiger partial charge on any atom is -0.487 e. The Kier molecular flexibility index (Phi) is 6.91. The van der Waals surface area contributed by atoms with Gasteiger partial charge in [-0.25, -0.2) is 0 Å². The summed E-state index contributed by atoms with van der Waals surface area (Å²) in [5, 5.41) is 3.44. The van der Waals surface area contributed by atoms with E-state index in [1.807, 2.05) is 26.1 Å². The summed E-state index contributed by atoms with van der Waals surface area (Å²) in [4.78, 5) is 18.9. The largest absolute Gasteiger partial charge is 0.487 e. The van der Waals surface area contributed by atoms with Crippen molar-refractivity contribution in [2.24, 2.45) is 4.99 Å². The van der Waals surface area contributed by atoms with E-state index in [-0.39, 0.29) is 17.4 Å².